The molecule has 6 heteroatoms. The number of hydrogen-bond donors (Lipinski definition) is 2. The third kappa shape index (κ3) is 3.57. The number of carbonyl (C=O) groups is 3. The second-order valence-corrected chi connectivity index (χ2v) is 4.77. The maximum Gasteiger partial charge on any atom is 0.251 e. The molecule has 1 aromatic carbocycles. The highest BCUT2D eigenvalue weighted by atomic mass is 16.2. The van der Waals surface area contributed by atoms with Crippen LogP contribution in [0.2, 0.25) is 0 Å². The smallest absolute Gasteiger partial charge is 0.251 e. The number of primary amides is 1. The van der Waals surface area contributed by atoms with Crippen molar-refractivity contribution in [3.05, 3.63) is 35.4 Å². The summed E-state index contributed by atoms with van der Waals surface area (Å²) in [6.07, 6.45) is 1.48. The number of hydrogen-bond acceptors (Lipinski definition) is 3. The molecule has 20 heavy (non-hydrogen) atoms. The van der Waals surface area contributed by atoms with E-state index in [1.165, 1.54) is 0 Å². The van der Waals surface area contributed by atoms with E-state index in [9.17, 15) is 14.4 Å². The van der Waals surface area contributed by atoms with Crippen molar-refractivity contribution in [3.8, 4) is 0 Å². The Kier molecular flexibility index (Phi) is 4.34. The SMILES string of the molecule is NC(=O)CNC(=O)c1cccc(CN2CCCC2=O)c1. The lowest BCUT2D eigenvalue weighted by molar-refractivity contribution is -0.128. The first-order valence-corrected chi connectivity index (χ1v) is 6.49. The first-order valence-electron chi connectivity index (χ1n) is 6.49. The number of carbonyl (C=O) groups excluding carboxylic acids is 3. The van der Waals surface area contributed by atoms with Crippen molar-refractivity contribution >= 4 is 17.7 Å². The van der Waals surface area contributed by atoms with E-state index in [0.717, 1.165) is 18.5 Å². The van der Waals surface area contributed by atoms with Gasteiger partial charge < -0.3 is 16.0 Å². The zero-order valence-corrected chi connectivity index (χ0v) is 11.1. The average molecular weight is 275 g/mol. The molecule has 106 valence electrons. The lowest BCUT2D eigenvalue weighted by atomic mass is 10.1. The predicted molar refractivity (Wildman–Crippen MR) is 72.6 cm³/mol. The largest absolute Gasteiger partial charge is 0.368 e. The molecule has 0 bridgehead atoms. The summed E-state index contributed by atoms with van der Waals surface area (Å²) in [5.74, 6) is -0.788. The fraction of sp³-hybridized carbons (Fsp3) is 0.357. The van der Waals surface area contributed by atoms with Gasteiger partial charge in [-0.2, -0.15) is 0 Å². The van der Waals surface area contributed by atoms with E-state index in [1.54, 1.807) is 23.1 Å². The summed E-state index contributed by atoms with van der Waals surface area (Å²) in [6, 6.07) is 7.01. The Hall–Kier alpha value is -2.37. The number of rotatable bonds is 5. The van der Waals surface area contributed by atoms with E-state index in [4.69, 9.17) is 5.73 Å². The summed E-state index contributed by atoms with van der Waals surface area (Å²) in [5, 5.41) is 2.43. The number of likely N-dealkylation sites (tertiary alicyclic amines) is 1. The molecule has 3 amide bonds. The van der Waals surface area contributed by atoms with E-state index in [-0.39, 0.29) is 18.4 Å². The van der Waals surface area contributed by atoms with Crippen LogP contribution in [-0.4, -0.2) is 35.7 Å². The van der Waals surface area contributed by atoms with Crippen molar-refractivity contribution in [3.63, 3.8) is 0 Å². The number of nitrogens with zero attached hydrogens (tertiary/aromatic N) is 1. The molecular weight excluding hydrogens is 258 g/mol. The van der Waals surface area contributed by atoms with Gasteiger partial charge >= 0.3 is 0 Å². The van der Waals surface area contributed by atoms with Crippen LogP contribution in [0.25, 0.3) is 0 Å². The monoisotopic (exact) mass is 275 g/mol. The van der Waals surface area contributed by atoms with E-state index in [1.807, 2.05) is 6.07 Å². The number of benzene rings is 1. The molecular formula is C14H17N3O3. The Morgan fingerprint density at radius 2 is 2.15 bits per heavy atom. The van der Waals surface area contributed by atoms with Gasteiger partial charge in [-0.15, -0.1) is 0 Å². The minimum atomic E-state index is -0.586. The second kappa shape index (κ2) is 6.18. The number of nitrogens with two attached hydrogens (primary N) is 1. The lowest BCUT2D eigenvalue weighted by Gasteiger charge is -2.15. The molecule has 2 rings (SSSR count). The topological polar surface area (TPSA) is 92.5 Å². The normalized spacial score (nSPS) is 14.4. The number of nitrogens with one attached hydrogen (secondary N) is 1. The van der Waals surface area contributed by atoms with E-state index in [2.05, 4.69) is 5.32 Å². The Morgan fingerprint density at radius 1 is 1.35 bits per heavy atom. The molecule has 1 saturated heterocycles. The molecule has 1 heterocycles. The summed E-state index contributed by atoms with van der Waals surface area (Å²) in [6.45, 7) is 1.08. The molecule has 6 nitrogen and oxygen atoms in total. The summed E-state index contributed by atoms with van der Waals surface area (Å²) in [7, 11) is 0. The van der Waals surface area contributed by atoms with Crippen LogP contribution in [0.1, 0.15) is 28.8 Å². The van der Waals surface area contributed by atoms with Gasteiger partial charge in [-0.05, 0) is 24.1 Å². The second-order valence-electron chi connectivity index (χ2n) is 4.77. The first kappa shape index (κ1) is 14.0. The molecule has 0 aromatic heterocycles. The molecule has 1 aliphatic heterocycles. The van der Waals surface area contributed by atoms with Gasteiger partial charge in [-0.1, -0.05) is 12.1 Å². The van der Waals surface area contributed by atoms with Crippen molar-refractivity contribution in [2.45, 2.75) is 19.4 Å². The number of amides is 3. The fourth-order valence-electron chi connectivity index (χ4n) is 2.17. The van der Waals surface area contributed by atoms with E-state index in [0.29, 0.717) is 18.5 Å². The lowest BCUT2D eigenvalue weighted by Crippen LogP contribution is -2.33. The van der Waals surface area contributed by atoms with Gasteiger partial charge in [0, 0.05) is 25.1 Å². The molecule has 1 aliphatic rings. The predicted octanol–water partition coefficient (Wildman–Crippen LogP) is 0.0241. The van der Waals surface area contributed by atoms with Crippen LogP contribution in [0.3, 0.4) is 0 Å². The summed E-state index contributed by atoms with van der Waals surface area (Å²) >= 11 is 0. The van der Waals surface area contributed by atoms with Crippen molar-refractivity contribution in [2.75, 3.05) is 13.1 Å². The van der Waals surface area contributed by atoms with Gasteiger partial charge in [-0.3, -0.25) is 14.4 Å². The highest BCUT2D eigenvalue weighted by molar-refractivity contribution is 5.96. The molecule has 3 N–H and O–H groups in total. The van der Waals surface area contributed by atoms with Gasteiger partial charge in [0.05, 0.1) is 6.54 Å². The van der Waals surface area contributed by atoms with Gasteiger partial charge in [0.1, 0.15) is 0 Å². The van der Waals surface area contributed by atoms with Gasteiger partial charge in [0.15, 0.2) is 0 Å². The zero-order chi connectivity index (χ0) is 14.5. The standard InChI is InChI=1S/C14H17N3O3/c15-12(18)8-16-14(20)11-4-1-3-10(7-11)9-17-6-2-5-13(17)19/h1,3-4,7H,2,5-6,8-9H2,(H2,15,18)(H,16,20). The van der Waals surface area contributed by atoms with Gasteiger partial charge in [0.2, 0.25) is 11.8 Å². The van der Waals surface area contributed by atoms with Crippen LogP contribution < -0.4 is 11.1 Å². The molecule has 0 radical (unpaired) electrons. The van der Waals surface area contributed by atoms with Gasteiger partial charge in [0.25, 0.3) is 5.91 Å². The highest BCUT2D eigenvalue weighted by Crippen LogP contribution is 2.15. The molecule has 1 fully saturated rings. The van der Waals surface area contributed by atoms with Crippen molar-refractivity contribution < 1.29 is 14.4 Å². The van der Waals surface area contributed by atoms with Crippen LogP contribution >= 0.6 is 0 Å². The quantitative estimate of drug-likeness (QED) is 0.793. The van der Waals surface area contributed by atoms with Crippen LogP contribution in [0.15, 0.2) is 24.3 Å². The molecule has 0 atom stereocenters. The van der Waals surface area contributed by atoms with Crippen molar-refractivity contribution in [1.29, 1.82) is 0 Å². The first-order chi connectivity index (χ1) is 9.56. The molecule has 0 spiro atoms. The van der Waals surface area contributed by atoms with Crippen LogP contribution in [0.4, 0.5) is 0 Å². The van der Waals surface area contributed by atoms with E-state index >= 15 is 0 Å². The van der Waals surface area contributed by atoms with Crippen LogP contribution in [0, 0.1) is 0 Å². The zero-order valence-electron chi connectivity index (χ0n) is 11.1. The summed E-state index contributed by atoms with van der Waals surface area (Å²) in [5.41, 5.74) is 6.32. The Morgan fingerprint density at radius 3 is 2.80 bits per heavy atom. The van der Waals surface area contributed by atoms with Crippen LogP contribution in [-0.2, 0) is 16.1 Å². The maximum atomic E-state index is 11.8. The maximum absolute atomic E-state index is 11.8. The molecule has 0 saturated carbocycles. The molecule has 1 aromatic rings. The van der Waals surface area contributed by atoms with E-state index < -0.39 is 5.91 Å². The Labute approximate surface area is 116 Å². The third-order valence-corrected chi connectivity index (χ3v) is 3.16. The minimum absolute atomic E-state index is 0.147. The Bertz CT molecular complexity index is 542. The van der Waals surface area contributed by atoms with Gasteiger partial charge in [-0.25, -0.2) is 0 Å². The highest BCUT2D eigenvalue weighted by Gasteiger charge is 2.20. The van der Waals surface area contributed by atoms with Crippen molar-refractivity contribution in [1.82, 2.24) is 10.2 Å². The Balaban J connectivity index is 2.01. The van der Waals surface area contributed by atoms with Crippen LogP contribution in [0.5, 0.6) is 0 Å². The summed E-state index contributed by atoms with van der Waals surface area (Å²) < 4.78 is 0. The average Bonchev–Trinajstić information content (AvgIpc) is 2.82. The minimum Gasteiger partial charge on any atom is -0.368 e. The third-order valence-electron chi connectivity index (χ3n) is 3.16. The molecule has 0 aliphatic carbocycles. The fourth-order valence-corrected chi connectivity index (χ4v) is 2.17. The van der Waals surface area contributed by atoms with Crippen molar-refractivity contribution in [2.24, 2.45) is 5.73 Å². The molecule has 0 unspecified atom stereocenters. The summed E-state index contributed by atoms with van der Waals surface area (Å²) in [4.78, 5) is 35.8.